The molecule has 2 aliphatic rings. The van der Waals surface area contributed by atoms with E-state index in [1.54, 1.807) is 18.2 Å². The van der Waals surface area contributed by atoms with Crippen LogP contribution in [0.1, 0.15) is 52.8 Å². The number of aliphatic carboxylic acids is 1. The molecule has 0 radical (unpaired) electrons. The number of amides is 5. The van der Waals surface area contributed by atoms with Gasteiger partial charge in [-0.2, -0.15) is 0 Å². The normalized spacial score (nSPS) is 15.8. The van der Waals surface area contributed by atoms with Gasteiger partial charge in [0.25, 0.3) is 11.8 Å². The molecule has 4 N–H and O–H groups in total. The Kier molecular flexibility index (Phi) is 18.2. The average molecular weight is 695 g/mol. The quantitative estimate of drug-likeness (QED) is 0.0703. The molecule has 3 rings (SSSR count). The van der Waals surface area contributed by atoms with E-state index in [2.05, 4.69) is 16.0 Å². The van der Waals surface area contributed by atoms with Gasteiger partial charge in [0.05, 0.1) is 90.2 Å². The molecule has 5 amide bonds. The summed E-state index contributed by atoms with van der Waals surface area (Å²) >= 11 is 0. The maximum atomic E-state index is 13.1. The summed E-state index contributed by atoms with van der Waals surface area (Å²) in [5, 5.41) is 16.5. The number of carboxylic acids is 1. The molecule has 49 heavy (non-hydrogen) atoms. The molecule has 0 spiro atoms. The highest BCUT2D eigenvalue weighted by Crippen LogP contribution is 2.32. The highest BCUT2D eigenvalue weighted by molar-refractivity contribution is 6.25. The van der Waals surface area contributed by atoms with Crippen LogP contribution in [-0.2, 0) is 47.6 Å². The lowest BCUT2D eigenvalue weighted by molar-refractivity contribution is -0.139. The monoisotopic (exact) mass is 694 g/mol. The number of fused-ring (bicyclic) bond motifs is 1. The van der Waals surface area contributed by atoms with Crippen molar-refractivity contribution < 1.29 is 62.3 Å². The van der Waals surface area contributed by atoms with Crippen molar-refractivity contribution in [2.75, 3.05) is 97.7 Å². The fourth-order valence-corrected chi connectivity index (χ4v) is 4.83. The zero-order chi connectivity index (χ0) is 35.3. The van der Waals surface area contributed by atoms with Crippen molar-refractivity contribution in [2.45, 2.75) is 38.1 Å². The van der Waals surface area contributed by atoms with Crippen LogP contribution in [0.3, 0.4) is 0 Å². The Bertz CT molecular complexity index is 1260. The maximum absolute atomic E-state index is 13.1. The predicted octanol–water partition coefficient (Wildman–Crippen LogP) is -0.0296. The molecule has 1 aromatic rings. The lowest BCUT2D eigenvalue weighted by Crippen LogP contribution is -2.54. The summed E-state index contributed by atoms with van der Waals surface area (Å²) in [5.74, 6) is -3.48. The largest absolute Gasteiger partial charge is 0.481 e. The van der Waals surface area contributed by atoms with Gasteiger partial charge in [-0.05, 0) is 25.0 Å². The summed E-state index contributed by atoms with van der Waals surface area (Å²) < 4.78 is 32.8. The van der Waals surface area contributed by atoms with Gasteiger partial charge in [0, 0.05) is 38.2 Å². The maximum Gasteiger partial charge on any atom is 0.303 e. The predicted molar refractivity (Wildman–Crippen MR) is 171 cm³/mol. The fraction of sp³-hybridized carbons (Fsp3) is 0.625. The molecule has 2 heterocycles. The average Bonchev–Trinajstić information content (AvgIpc) is 3.33. The number of nitrogens with one attached hydrogen (secondary N) is 3. The van der Waals surface area contributed by atoms with Gasteiger partial charge in [-0.3, -0.25) is 39.0 Å². The number of carbonyl (C=O) groups excluding carboxylic acids is 5. The van der Waals surface area contributed by atoms with Crippen molar-refractivity contribution >= 4 is 41.2 Å². The molecule has 272 valence electrons. The summed E-state index contributed by atoms with van der Waals surface area (Å²) in [6.45, 7) is 5.69. The third kappa shape index (κ3) is 14.2. The first-order chi connectivity index (χ1) is 23.8. The summed E-state index contributed by atoms with van der Waals surface area (Å²) in [5.41, 5.74) is 0.880. The summed E-state index contributed by atoms with van der Waals surface area (Å²) in [7, 11) is 0. The number of hydrogen-bond acceptors (Lipinski definition) is 13. The smallest absolute Gasteiger partial charge is 0.303 e. The molecular weight excluding hydrogens is 648 g/mol. The number of anilines is 1. The lowest BCUT2D eigenvalue weighted by Gasteiger charge is -2.27. The first kappa shape index (κ1) is 39.4. The van der Waals surface area contributed by atoms with Crippen molar-refractivity contribution in [1.29, 1.82) is 0 Å². The van der Waals surface area contributed by atoms with Crippen LogP contribution in [0, 0.1) is 0 Å². The van der Waals surface area contributed by atoms with Crippen LogP contribution in [0.5, 0.6) is 0 Å². The van der Waals surface area contributed by atoms with Crippen LogP contribution >= 0.6 is 0 Å². The van der Waals surface area contributed by atoms with E-state index in [4.69, 9.17) is 33.5 Å². The van der Waals surface area contributed by atoms with Crippen LogP contribution in [0.4, 0.5) is 5.69 Å². The standard InChI is InChI=1S/C32H46N4O13/c37-26(7-8-28(39)40)34-9-2-11-44-13-15-46-17-19-48-21-22-49-20-18-47-16-14-45-12-10-33-24-4-1-3-23-29(24)32(43)36(31(23)42)25-5-6-27(38)35-30(25)41/h1,3-4,25,33H,2,5-22H2,(H,34,37)(H,39,40)(H,35,38,41). The summed E-state index contributed by atoms with van der Waals surface area (Å²) in [6.07, 6.45) is 0.580. The second kappa shape index (κ2) is 22.6. The molecule has 17 nitrogen and oxygen atoms in total. The van der Waals surface area contributed by atoms with Crippen molar-refractivity contribution in [3.8, 4) is 0 Å². The number of benzene rings is 1. The van der Waals surface area contributed by atoms with E-state index in [0.29, 0.717) is 104 Å². The zero-order valence-corrected chi connectivity index (χ0v) is 27.5. The molecule has 0 aromatic heterocycles. The third-order valence-electron chi connectivity index (χ3n) is 7.24. The fourth-order valence-electron chi connectivity index (χ4n) is 4.83. The third-order valence-corrected chi connectivity index (χ3v) is 7.24. The number of piperidine rings is 1. The Morgan fingerprint density at radius 2 is 1.33 bits per heavy atom. The van der Waals surface area contributed by atoms with E-state index in [9.17, 15) is 28.8 Å². The van der Waals surface area contributed by atoms with Gasteiger partial charge in [-0.25, -0.2) is 0 Å². The SMILES string of the molecule is O=C(O)CCC(=O)NCCCOCCOCCOCCOCCOCCOCCNc1cccc2c1C(=O)N(C1CCC(=O)NC1=O)C2=O. The molecule has 0 aliphatic carbocycles. The lowest BCUT2D eigenvalue weighted by atomic mass is 10.0. The van der Waals surface area contributed by atoms with Crippen LogP contribution in [-0.4, -0.2) is 144 Å². The zero-order valence-electron chi connectivity index (χ0n) is 27.5. The minimum Gasteiger partial charge on any atom is -0.481 e. The van der Waals surface area contributed by atoms with Gasteiger partial charge < -0.3 is 44.2 Å². The van der Waals surface area contributed by atoms with E-state index in [0.717, 1.165) is 4.90 Å². The van der Waals surface area contributed by atoms with Crippen LogP contribution in [0.15, 0.2) is 18.2 Å². The Hall–Kier alpha value is -4.00. The van der Waals surface area contributed by atoms with E-state index < -0.39 is 35.6 Å². The van der Waals surface area contributed by atoms with Gasteiger partial charge in [0.2, 0.25) is 17.7 Å². The number of ether oxygens (including phenoxy) is 6. The Labute approximate surface area is 284 Å². The molecule has 0 bridgehead atoms. The number of nitrogens with zero attached hydrogens (tertiary/aromatic N) is 1. The molecule has 17 heteroatoms. The molecule has 0 saturated carbocycles. The van der Waals surface area contributed by atoms with Gasteiger partial charge in [0.1, 0.15) is 6.04 Å². The van der Waals surface area contributed by atoms with Crippen LogP contribution in [0.25, 0.3) is 0 Å². The molecule has 2 aliphatic heterocycles. The number of carbonyl (C=O) groups is 6. The topological polar surface area (TPSA) is 217 Å². The second-order valence-corrected chi connectivity index (χ2v) is 10.9. The first-order valence-electron chi connectivity index (χ1n) is 16.3. The Morgan fingerprint density at radius 3 is 1.90 bits per heavy atom. The number of carboxylic acid groups (broad SMARTS) is 1. The van der Waals surface area contributed by atoms with Crippen molar-refractivity contribution in [2.24, 2.45) is 0 Å². The van der Waals surface area contributed by atoms with Crippen molar-refractivity contribution in [3.63, 3.8) is 0 Å². The van der Waals surface area contributed by atoms with E-state index in [-0.39, 0.29) is 42.7 Å². The molecule has 1 saturated heterocycles. The van der Waals surface area contributed by atoms with Gasteiger partial charge in [-0.1, -0.05) is 6.07 Å². The summed E-state index contributed by atoms with van der Waals surface area (Å²) in [6, 6.07) is 3.87. The van der Waals surface area contributed by atoms with Crippen LogP contribution < -0.4 is 16.0 Å². The second-order valence-electron chi connectivity index (χ2n) is 10.9. The highest BCUT2D eigenvalue weighted by atomic mass is 16.6. The van der Waals surface area contributed by atoms with Gasteiger partial charge in [-0.15, -0.1) is 0 Å². The number of rotatable bonds is 27. The summed E-state index contributed by atoms with van der Waals surface area (Å²) in [4.78, 5) is 72.5. The first-order valence-corrected chi connectivity index (χ1v) is 16.3. The molecule has 1 aromatic carbocycles. The molecule has 1 atom stereocenters. The highest BCUT2D eigenvalue weighted by Gasteiger charge is 2.45. The van der Waals surface area contributed by atoms with Gasteiger partial charge in [0.15, 0.2) is 0 Å². The van der Waals surface area contributed by atoms with E-state index >= 15 is 0 Å². The minimum absolute atomic E-state index is 0.0267. The number of hydrogen-bond donors (Lipinski definition) is 4. The molecule has 1 unspecified atom stereocenters. The molecular formula is C32H46N4O13. The van der Waals surface area contributed by atoms with Crippen molar-refractivity contribution in [3.05, 3.63) is 29.3 Å². The Morgan fingerprint density at radius 1 is 0.755 bits per heavy atom. The van der Waals surface area contributed by atoms with Crippen molar-refractivity contribution in [1.82, 2.24) is 15.5 Å². The van der Waals surface area contributed by atoms with Crippen LogP contribution in [0.2, 0.25) is 0 Å². The minimum atomic E-state index is -1.02. The number of imide groups is 2. The van der Waals surface area contributed by atoms with E-state index in [1.165, 1.54) is 0 Å². The Balaban J connectivity index is 1.08. The molecule has 1 fully saturated rings. The van der Waals surface area contributed by atoms with E-state index in [1.807, 2.05) is 0 Å². The van der Waals surface area contributed by atoms with Gasteiger partial charge >= 0.3 is 5.97 Å².